The zero-order chi connectivity index (χ0) is 12.9. The Morgan fingerprint density at radius 1 is 1.12 bits per heavy atom. The summed E-state index contributed by atoms with van der Waals surface area (Å²) in [6.45, 7) is -1.24. The van der Waals surface area contributed by atoms with E-state index in [9.17, 15) is 17.6 Å². The van der Waals surface area contributed by atoms with E-state index in [4.69, 9.17) is 10.5 Å². The van der Waals surface area contributed by atoms with Crippen molar-refractivity contribution < 1.29 is 27.0 Å². The number of hydrogen-bond donors (Lipinski definition) is 1. The summed E-state index contributed by atoms with van der Waals surface area (Å²) in [7, 11) is 0. The molecule has 2 N–H and O–H groups in total. The van der Waals surface area contributed by atoms with Gasteiger partial charge in [0.15, 0.2) is 18.1 Å². The molecule has 0 unspecified atom stereocenters. The average Bonchev–Trinajstić information content (AvgIpc) is 2.23. The number of alkyl halides is 3. The second-order valence-corrected chi connectivity index (χ2v) is 3.13. The highest BCUT2D eigenvalue weighted by atomic mass is 19.4. The van der Waals surface area contributed by atoms with Gasteiger partial charge in [0.2, 0.25) is 0 Å². The lowest BCUT2D eigenvalue weighted by molar-refractivity contribution is -0.153. The molecule has 0 spiro atoms. The predicted octanol–water partition coefficient (Wildman–Crippen LogP) is 2.10. The number of rotatable bonds is 5. The summed E-state index contributed by atoms with van der Waals surface area (Å²) in [5.41, 5.74) is 5.17. The number of benzene rings is 1. The maximum atomic E-state index is 12.9. The van der Waals surface area contributed by atoms with Crippen LogP contribution in [0.25, 0.3) is 0 Å². The van der Waals surface area contributed by atoms with Crippen molar-refractivity contribution >= 4 is 0 Å². The van der Waals surface area contributed by atoms with Gasteiger partial charge >= 0.3 is 6.18 Å². The van der Waals surface area contributed by atoms with Gasteiger partial charge in [0.25, 0.3) is 0 Å². The molecule has 0 heterocycles. The quantitative estimate of drug-likeness (QED) is 0.817. The number of halogens is 4. The summed E-state index contributed by atoms with van der Waals surface area (Å²) in [4.78, 5) is 0. The highest BCUT2D eigenvalue weighted by molar-refractivity contribution is 5.40. The summed E-state index contributed by atoms with van der Waals surface area (Å²) in [6.07, 6.45) is -4.46. The van der Waals surface area contributed by atoms with Crippen LogP contribution in [-0.4, -0.2) is 25.9 Å². The monoisotopic (exact) mass is 253 g/mol. The van der Waals surface area contributed by atoms with E-state index in [0.29, 0.717) is 0 Å². The van der Waals surface area contributed by atoms with Crippen LogP contribution in [0, 0.1) is 5.82 Å². The van der Waals surface area contributed by atoms with E-state index in [0.717, 1.165) is 18.2 Å². The molecule has 1 aromatic rings. The standard InChI is InChI=1S/C10H11F4NO2/c11-7-1-2-8(17-6-10(12,13)14)9(5-7)16-4-3-15/h1-2,5H,3-4,6,15H2. The van der Waals surface area contributed by atoms with Crippen LogP contribution in [0.5, 0.6) is 11.5 Å². The third-order valence-corrected chi connectivity index (χ3v) is 1.67. The lowest BCUT2D eigenvalue weighted by atomic mass is 10.3. The van der Waals surface area contributed by atoms with E-state index in [2.05, 4.69) is 4.74 Å². The van der Waals surface area contributed by atoms with Gasteiger partial charge in [-0.3, -0.25) is 0 Å². The topological polar surface area (TPSA) is 44.5 Å². The Morgan fingerprint density at radius 3 is 2.41 bits per heavy atom. The van der Waals surface area contributed by atoms with Crippen LogP contribution >= 0.6 is 0 Å². The molecule has 7 heteroatoms. The molecule has 0 aliphatic carbocycles. The van der Waals surface area contributed by atoms with E-state index in [1.807, 2.05) is 0 Å². The van der Waals surface area contributed by atoms with E-state index < -0.39 is 18.6 Å². The molecule has 1 rings (SSSR count). The maximum Gasteiger partial charge on any atom is 0.422 e. The zero-order valence-electron chi connectivity index (χ0n) is 8.76. The summed E-state index contributed by atoms with van der Waals surface area (Å²) in [6, 6.07) is 3.01. The van der Waals surface area contributed by atoms with Crippen LogP contribution in [0.3, 0.4) is 0 Å². The summed E-state index contributed by atoms with van der Waals surface area (Å²) < 4.78 is 58.2. The first-order chi connectivity index (χ1) is 7.92. The predicted molar refractivity (Wildman–Crippen MR) is 52.5 cm³/mol. The highest BCUT2D eigenvalue weighted by Crippen LogP contribution is 2.29. The Hall–Kier alpha value is -1.50. The van der Waals surface area contributed by atoms with Gasteiger partial charge < -0.3 is 15.2 Å². The van der Waals surface area contributed by atoms with Crippen molar-refractivity contribution in [2.75, 3.05) is 19.8 Å². The fourth-order valence-electron chi connectivity index (χ4n) is 1.04. The van der Waals surface area contributed by atoms with Crippen molar-refractivity contribution in [1.29, 1.82) is 0 Å². The maximum absolute atomic E-state index is 12.9. The molecule has 0 fully saturated rings. The van der Waals surface area contributed by atoms with Gasteiger partial charge in [-0.15, -0.1) is 0 Å². The minimum Gasteiger partial charge on any atom is -0.488 e. The second-order valence-electron chi connectivity index (χ2n) is 3.13. The van der Waals surface area contributed by atoms with Gasteiger partial charge in [-0.05, 0) is 12.1 Å². The Bertz CT molecular complexity index is 368. The third-order valence-electron chi connectivity index (χ3n) is 1.67. The second kappa shape index (κ2) is 5.72. The number of ether oxygens (including phenoxy) is 2. The molecule has 3 nitrogen and oxygen atoms in total. The first kappa shape index (κ1) is 13.6. The Balaban J connectivity index is 2.75. The van der Waals surface area contributed by atoms with E-state index >= 15 is 0 Å². The molecule has 1 aromatic carbocycles. The summed E-state index contributed by atoms with van der Waals surface area (Å²) in [5.74, 6) is -0.895. The molecule has 0 saturated heterocycles. The minimum absolute atomic E-state index is 0.0613. The van der Waals surface area contributed by atoms with E-state index in [1.54, 1.807) is 0 Å². The van der Waals surface area contributed by atoms with Crippen molar-refractivity contribution in [3.8, 4) is 11.5 Å². The molecule has 0 bridgehead atoms. The average molecular weight is 253 g/mol. The van der Waals surface area contributed by atoms with Gasteiger partial charge in [0.1, 0.15) is 12.4 Å². The van der Waals surface area contributed by atoms with E-state index in [1.165, 1.54) is 0 Å². The van der Waals surface area contributed by atoms with Crippen molar-refractivity contribution in [1.82, 2.24) is 0 Å². The van der Waals surface area contributed by atoms with Gasteiger partial charge in [-0.2, -0.15) is 13.2 Å². The van der Waals surface area contributed by atoms with Gasteiger partial charge in [0.05, 0.1) is 0 Å². The smallest absolute Gasteiger partial charge is 0.422 e. The molecule has 0 aliphatic rings. The van der Waals surface area contributed by atoms with Crippen molar-refractivity contribution in [3.63, 3.8) is 0 Å². The lowest BCUT2D eigenvalue weighted by Crippen LogP contribution is -2.20. The molecule has 96 valence electrons. The summed E-state index contributed by atoms with van der Waals surface area (Å²) >= 11 is 0. The van der Waals surface area contributed by atoms with E-state index in [-0.39, 0.29) is 24.7 Å². The van der Waals surface area contributed by atoms with Crippen LogP contribution in [0.1, 0.15) is 0 Å². The lowest BCUT2D eigenvalue weighted by Gasteiger charge is -2.13. The van der Waals surface area contributed by atoms with Crippen LogP contribution in [-0.2, 0) is 0 Å². The number of nitrogens with two attached hydrogens (primary N) is 1. The van der Waals surface area contributed by atoms with Gasteiger partial charge in [0, 0.05) is 12.6 Å². The molecule has 0 radical (unpaired) electrons. The van der Waals surface area contributed by atoms with Crippen molar-refractivity contribution in [2.24, 2.45) is 5.73 Å². The molecule has 0 aliphatic heterocycles. The highest BCUT2D eigenvalue weighted by Gasteiger charge is 2.29. The largest absolute Gasteiger partial charge is 0.488 e. The fraction of sp³-hybridized carbons (Fsp3) is 0.400. The van der Waals surface area contributed by atoms with Crippen LogP contribution in [0.15, 0.2) is 18.2 Å². The molecular weight excluding hydrogens is 242 g/mol. The molecular formula is C10H11F4NO2. The zero-order valence-corrected chi connectivity index (χ0v) is 8.76. The Labute approximate surface area is 95.1 Å². The molecule has 0 aromatic heterocycles. The first-order valence-corrected chi connectivity index (χ1v) is 4.74. The van der Waals surface area contributed by atoms with Crippen LogP contribution in [0.4, 0.5) is 17.6 Å². The normalized spacial score (nSPS) is 11.4. The molecule has 0 amide bonds. The van der Waals surface area contributed by atoms with Crippen LogP contribution in [0.2, 0.25) is 0 Å². The Kier molecular flexibility index (Phi) is 4.56. The molecule has 0 saturated carbocycles. The summed E-state index contributed by atoms with van der Waals surface area (Å²) in [5, 5.41) is 0. The first-order valence-electron chi connectivity index (χ1n) is 4.74. The van der Waals surface area contributed by atoms with Crippen LogP contribution < -0.4 is 15.2 Å². The number of hydrogen-bond acceptors (Lipinski definition) is 3. The van der Waals surface area contributed by atoms with Gasteiger partial charge in [-0.25, -0.2) is 4.39 Å². The van der Waals surface area contributed by atoms with Crippen molar-refractivity contribution in [3.05, 3.63) is 24.0 Å². The van der Waals surface area contributed by atoms with Crippen molar-refractivity contribution in [2.45, 2.75) is 6.18 Å². The SMILES string of the molecule is NCCOc1cc(F)ccc1OCC(F)(F)F. The molecule has 0 atom stereocenters. The fourth-order valence-corrected chi connectivity index (χ4v) is 1.04. The minimum atomic E-state index is -4.46. The third kappa shape index (κ3) is 4.90. The molecule has 17 heavy (non-hydrogen) atoms. The van der Waals surface area contributed by atoms with Gasteiger partial charge in [-0.1, -0.05) is 0 Å². The Morgan fingerprint density at radius 2 is 1.82 bits per heavy atom.